The molecule has 1 rings (SSSR count). The average Bonchev–Trinajstić information content (AvgIpc) is 2.15. The highest BCUT2D eigenvalue weighted by atomic mass is 19.4. The number of rotatable bonds is 2. The van der Waals surface area contributed by atoms with Gasteiger partial charge in [0.2, 0.25) is 0 Å². The number of halogens is 3. The number of alkyl halides is 3. The van der Waals surface area contributed by atoms with Gasteiger partial charge in [0.15, 0.2) is 0 Å². The van der Waals surface area contributed by atoms with E-state index in [1.165, 1.54) is 0 Å². The minimum Gasteiger partial charge on any atom is -0.327 e. The predicted octanol–water partition coefficient (Wildman–Crippen LogP) is 2.00. The molecule has 0 radical (unpaired) electrons. The Labute approximate surface area is 88.6 Å². The lowest BCUT2D eigenvalue weighted by atomic mass is 9.95. The summed E-state index contributed by atoms with van der Waals surface area (Å²) in [7, 11) is 0. The molecule has 5 heteroatoms. The largest absolute Gasteiger partial charge is 0.393 e. The van der Waals surface area contributed by atoms with E-state index in [9.17, 15) is 13.2 Å². The van der Waals surface area contributed by atoms with Crippen LogP contribution in [0.4, 0.5) is 13.2 Å². The third-order valence-electron chi connectivity index (χ3n) is 3.25. The van der Waals surface area contributed by atoms with Crippen molar-refractivity contribution >= 4 is 0 Å². The van der Waals surface area contributed by atoms with Crippen LogP contribution in [-0.4, -0.2) is 36.2 Å². The molecule has 15 heavy (non-hydrogen) atoms. The van der Waals surface area contributed by atoms with Gasteiger partial charge in [-0.15, -0.1) is 0 Å². The topological polar surface area (TPSA) is 29.3 Å². The smallest absolute Gasteiger partial charge is 0.327 e. The van der Waals surface area contributed by atoms with Crippen LogP contribution in [0.25, 0.3) is 0 Å². The van der Waals surface area contributed by atoms with Crippen molar-refractivity contribution in [2.75, 3.05) is 13.1 Å². The number of likely N-dealkylation sites (tertiary alicyclic amines) is 1. The van der Waals surface area contributed by atoms with Crippen LogP contribution in [-0.2, 0) is 0 Å². The Hall–Kier alpha value is -0.290. The van der Waals surface area contributed by atoms with E-state index in [0.29, 0.717) is 6.42 Å². The molecule has 1 heterocycles. The molecule has 90 valence electrons. The van der Waals surface area contributed by atoms with Gasteiger partial charge in [0.05, 0.1) is 5.92 Å². The van der Waals surface area contributed by atoms with E-state index < -0.39 is 12.1 Å². The Balaban J connectivity index is 2.56. The number of nitrogens with zero attached hydrogens (tertiary/aromatic N) is 1. The van der Waals surface area contributed by atoms with Crippen molar-refractivity contribution in [3.63, 3.8) is 0 Å². The van der Waals surface area contributed by atoms with Crippen LogP contribution >= 0.6 is 0 Å². The summed E-state index contributed by atoms with van der Waals surface area (Å²) in [6, 6.07) is -0.0628. The highest BCUT2D eigenvalue weighted by molar-refractivity contribution is 4.83. The Morgan fingerprint density at radius 2 is 1.93 bits per heavy atom. The average molecular weight is 224 g/mol. The zero-order valence-corrected chi connectivity index (χ0v) is 9.22. The van der Waals surface area contributed by atoms with E-state index in [0.717, 1.165) is 6.54 Å². The molecular weight excluding hydrogens is 205 g/mol. The second kappa shape index (κ2) is 4.70. The second-order valence-corrected chi connectivity index (χ2v) is 4.48. The summed E-state index contributed by atoms with van der Waals surface area (Å²) in [4.78, 5) is 1.85. The van der Waals surface area contributed by atoms with Crippen LogP contribution in [0.2, 0.25) is 0 Å². The Bertz CT molecular complexity index is 203. The molecule has 1 aliphatic heterocycles. The number of piperidine rings is 1. The number of hydrogen-bond acceptors (Lipinski definition) is 2. The lowest BCUT2D eigenvalue weighted by molar-refractivity contribution is -0.188. The van der Waals surface area contributed by atoms with Crippen LogP contribution in [0.5, 0.6) is 0 Å². The van der Waals surface area contributed by atoms with E-state index in [1.807, 2.05) is 18.7 Å². The maximum absolute atomic E-state index is 12.5. The van der Waals surface area contributed by atoms with Gasteiger partial charge in [0, 0.05) is 18.6 Å². The minimum atomic E-state index is -4.06. The van der Waals surface area contributed by atoms with Crippen LogP contribution in [0.1, 0.15) is 26.7 Å². The molecule has 0 aliphatic carbocycles. The lowest BCUT2D eigenvalue weighted by Gasteiger charge is -2.38. The Kier molecular flexibility index (Phi) is 4.00. The van der Waals surface area contributed by atoms with E-state index in [2.05, 4.69) is 0 Å². The molecule has 0 aromatic rings. The predicted molar refractivity (Wildman–Crippen MR) is 53.5 cm³/mol. The molecular formula is C10H19F3N2. The fourth-order valence-electron chi connectivity index (χ4n) is 1.98. The van der Waals surface area contributed by atoms with Crippen molar-refractivity contribution in [1.29, 1.82) is 0 Å². The molecule has 3 unspecified atom stereocenters. The van der Waals surface area contributed by atoms with E-state index >= 15 is 0 Å². The summed E-state index contributed by atoms with van der Waals surface area (Å²) in [5, 5.41) is 0. The van der Waals surface area contributed by atoms with Crippen molar-refractivity contribution in [2.45, 2.75) is 44.9 Å². The highest BCUT2D eigenvalue weighted by Crippen LogP contribution is 2.33. The Morgan fingerprint density at radius 3 is 2.40 bits per heavy atom. The summed E-state index contributed by atoms with van der Waals surface area (Å²) in [5.74, 6) is -1.17. The molecule has 0 aromatic heterocycles. The molecule has 0 aromatic carbocycles. The molecule has 1 fully saturated rings. The van der Waals surface area contributed by atoms with Gasteiger partial charge >= 0.3 is 6.18 Å². The molecule has 0 bridgehead atoms. The Morgan fingerprint density at radius 1 is 1.33 bits per heavy atom. The summed E-state index contributed by atoms with van der Waals surface area (Å²) >= 11 is 0. The van der Waals surface area contributed by atoms with Gasteiger partial charge in [-0.25, -0.2) is 0 Å². The lowest BCUT2D eigenvalue weighted by Crippen LogP contribution is -2.51. The molecule has 2 nitrogen and oxygen atoms in total. The van der Waals surface area contributed by atoms with Crippen LogP contribution in [0.3, 0.4) is 0 Å². The first-order valence-corrected chi connectivity index (χ1v) is 5.38. The summed E-state index contributed by atoms with van der Waals surface area (Å²) in [6.07, 6.45) is -3.19. The van der Waals surface area contributed by atoms with E-state index in [1.54, 1.807) is 0 Å². The third kappa shape index (κ3) is 3.34. The summed E-state index contributed by atoms with van der Waals surface area (Å²) in [5.41, 5.74) is 5.70. The standard InChI is InChI=1S/C10H19F3N2/c1-7(14)8(2)15-5-3-4-9(6-15)10(11,12)13/h7-9H,3-6,14H2,1-2H3. The molecule has 0 spiro atoms. The van der Waals surface area contributed by atoms with Crippen molar-refractivity contribution in [1.82, 2.24) is 4.90 Å². The van der Waals surface area contributed by atoms with Gasteiger partial charge in [0.25, 0.3) is 0 Å². The van der Waals surface area contributed by atoms with Crippen LogP contribution in [0, 0.1) is 5.92 Å². The van der Waals surface area contributed by atoms with Crippen LogP contribution < -0.4 is 5.73 Å². The molecule has 2 N–H and O–H groups in total. The molecule has 1 aliphatic rings. The third-order valence-corrected chi connectivity index (χ3v) is 3.25. The first-order valence-electron chi connectivity index (χ1n) is 5.38. The van der Waals surface area contributed by atoms with Gasteiger partial charge in [0.1, 0.15) is 0 Å². The first-order chi connectivity index (χ1) is 6.82. The zero-order valence-electron chi connectivity index (χ0n) is 9.22. The van der Waals surface area contributed by atoms with Gasteiger partial charge in [-0.3, -0.25) is 4.90 Å². The minimum absolute atomic E-state index is 0.0233. The van der Waals surface area contributed by atoms with Crippen molar-refractivity contribution in [2.24, 2.45) is 11.7 Å². The monoisotopic (exact) mass is 224 g/mol. The van der Waals surface area contributed by atoms with Gasteiger partial charge in [-0.1, -0.05) is 0 Å². The highest BCUT2D eigenvalue weighted by Gasteiger charge is 2.42. The van der Waals surface area contributed by atoms with Crippen molar-refractivity contribution in [3.8, 4) is 0 Å². The van der Waals surface area contributed by atoms with Gasteiger partial charge in [-0.2, -0.15) is 13.2 Å². The summed E-state index contributed by atoms with van der Waals surface area (Å²) < 4.78 is 37.6. The fraction of sp³-hybridized carbons (Fsp3) is 1.00. The van der Waals surface area contributed by atoms with Crippen molar-refractivity contribution < 1.29 is 13.2 Å². The van der Waals surface area contributed by atoms with Gasteiger partial charge in [-0.05, 0) is 33.2 Å². The molecule has 1 saturated heterocycles. The normalized spacial score (nSPS) is 28.8. The maximum atomic E-state index is 12.5. The SMILES string of the molecule is CC(N)C(C)N1CCCC(C(F)(F)F)C1. The fourth-order valence-corrected chi connectivity index (χ4v) is 1.98. The number of hydrogen-bond donors (Lipinski definition) is 1. The zero-order chi connectivity index (χ0) is 11.6. The molecule has 0 saturated carbocycles. The summed E-state index contributed by atoms with van der Waals surface area (Å²) in [6.45, 7) is 4.56. The van der Waals surface area contributed by atoms with E-state index in [4.69, 9.17) is 5.73 Å². The number of nitrogens with two attached hydrogens (primary N) is 1. The maximum Gasteiger partial charge on any atom is 0.393 e. The van der Waals surface area contributed by atoms with Crippen molar-refractivity contribution in [3.05, 3.63) is 0 Å². The quantitative estimate of drug-likeness (QED) is 0.777. The van der Waals surface area contributed by atoms with E-state index in [-0.39, 0.29) is 25.0 Å². The first kappa shape index (κ1) is 12.8. The van der Waals surface area contributed by atoms with Crippen LogP contribution in [0.15, 0.2) is 0 Å². The van der Waals surface area contributed by atoms with Gasteiger partial charge < -0.3 is 5.73 Å². The molecule has 3 atom stereocenters. The molecule has 0 amide bonds. The second-order valence-electron chi connectivity index (χ2n) is 4.48.